The van der Waals surface area contributed by atoms with Crippen molar-refractivity contribution in [1.29, 1.82) is 0 Å². The van der Waals surface area contributed by atoms with Crippen molar-refractivity contribution in [3.8, 4) is 11.5 Å². The Kier molecular flexibility index (Phi) is 9.21. The van der Waals surface area contributed by atoms with Gasteiger partial charge in [0.15, 0.2) is 5.78 Å². The van der Waals surface area contributed by atoms with Crippen molar-refractivity contribution in [2.24, 2.45) is 11.8 Å². The topological polar surface area (TPSA) is 127 Å². The van der Waals surface area contributed by atoms with Crippen LogP contribution in [0.25, 0.3) is 0 Å². The molecule has 0 spiro atoms. The molecule has 2 fully saturated rings. The van der Waals surface area contributed by atoms with Gasteiger partial charge in [-0.15, -0.1) is 0 Å². The molecule has 0 N–H and O–H groups in total. The van der Waals surface area contributed by atoms with Crippen molar-refractivity contribution in [3.05, 3.63) is 98.0 Å². The predicted molar refractivity (Wildman–Crippen MR) is 165 cm³/mol. The molecule has 5 rings (SSSR count). The molecule has 3 aromatic rings. The lowest BCUT2D eigenvalue weighted by molar-refractivity contribution is -0.384. The molecule has 1 saturated carbocycles. The molecule has 3 aromatic carbocycles. The van der Waals surface area contributed by atoms with Crippen molar-refractivity contribution in [3.63, 3.8) is 0 Å². The Morgan fingerprint density at radius 1 is 0.907 bits per heavy atom. The number of amides is 3. The molecule has 1 heterocycles. The number of nitro groups is 1. The molecule has 10 nitrogen and oxygen atoms in total. The molecule has 1 aliphatic heterocycles. The molecule has 0 radical (unpaired) electrons. The van der Waals surface area contributed by atoms with Gasteiger partial charge in [-0.25, -0.2) is 5.01 Å². The van der Waals surface area contributed by atoms with E-state index in [2.05, 4.69) is 31.9 Å². The predicted octanol–water partition coefficient (Wildman–Crippen LogP) is 6.86. The van der Waals surface area contributed by atoms with E-state index in [9.17, 15) is 29.3 Å². The number of ketones is 1. The zero-order valence-electron chi connectivity index (χ0n) is 22.0. The summed E-state index contributed by atoms with van der Waals surface area (Å²) < 4.78 is 5.70. The number of nitrogens with zero attached hydrogens (tertiary/aromatic N) is 3. The van der Waals surface area contributed by atoms with Crippen molar-refractivity contribution in [2.75, 3.05) is 6.54 Å². The van der Waals surface area contributed by atoms with Crippen LogP contribution in [0.3, 0.4) is 0 Å². The largest absolute Gasteiger partial charge is 0.457 e. The van der Waals surface area contributed by atoms with Gasteiger partial charge >= 0.3 is 0 Å². The highest BCUT2D eigenvalue weighted by atomic mass is 79.9. The number of ether oxygens (including phenoxy) is 1. The van der Waals surface area contributed by atoms with E-state index in [0.717, 1.165) is 10.0 Å². The van der Waals surface area contributed by atoms with E-state index in [1.54, 1.807) is 0 Å². The number of fused-ring (bicyclic) bond motifs is 1. The van der Waals surface area contributed by atoms with E-state index in [1.165, 1.54) is 66.7 Å². The Bertz CT molecular complexity index is 1590. The SMILES string of the molecule is O=C(CN(C(=O)c1ccc(Cl)cc1Cl)N1C(=O)[C@@H]2C[C@@H](Br)[C@@H](Br)C[C@H]2C1=O)c1ccc(Oc2ccc([N+](=O)[O-])cc2)cc1. The number of hydrogen-bond donors (Lipinski definition) is 0. The molecule has 1 aliphatic carbocycles. The number of benzene rings is 3. The fourth-order valence-electron chi connectivity index (χ4n) is 5.06. The van der Waals surface area contributed by atoms with Crippen LogP contribution in [0.1, 0.15) is 33.6 Å². The number of hydrazine groups is 1. The Balaban J connectivity index is 1.40. The number of nitro benzene ring substituents is 1. The minimum absolute atomic E-state index is 0.000232. The number of imide groups is 1. The highest BCUT2D eigenvalue weighted by Crippen LogP contribution is 2.44. The molecule has 0 aromatic heterocycles. The Hall–Kier alpha value is -3.32. The van der Waals surface area contributed by atoms with Gasteiger partial charge in [0, 0.05) is 32.4 Å². The van der Waals surface area contributed by atoms with Crippen LogP contribution >= 0.6 is 55.1 Å². The summed E-state index contributed by atoms with van der Waals surface area (Å²) in [5, 5.41) is 12.8. The molecule has 222 valence electrons. The number of hydrogen-bond acceptors (Lipinski definition) is 7. The number of Topliss-reactive ketones (excluding diaryl/α,β-unsaturated/α-hetero) is 1. The summed E-state index contributed by atoms with van der Waals surface area (Å²) in [7, 11) is 0. The van der Waals surface area contributed by atoms with Crippen LogP contribution in [0.2, 0.25) is 10.0 Å². The highest BCUT2D eigenvalue weighted by Gasteiger charge is 2.54. The quantitative estimate of drug-likeness (QED) is 0.0809. The van der Waals surface area contributed by atoms with E-state index in [-0.39, 0.29) is 36.5 Å². The summed E-state index contributed by atoms with van der Waals surface area (Å²) >= 11 is 19.4. The molecular formula is C29H21Br2Cl2N3O7. The zero-order chi connectivity index (χ0) is 31.0. The fraction of sp³-hybridized carbons (Fsp3) is 0.241. The smallest absolute Gasteiger partial charge is 0.274 e. The fourth-order valence-corrected chi connectivity index (χ4v) is 6.79. The number of halogens is 4. The lowest BCUT2D eigenvalue weighted by Crippen LogP contribution is -2.52. The van der Waals surface area contributed by atoms with Crippen LogP contribution in [0.15, 0.2) is 66.7 Å². The van der Waals surface area contributed by atoms with Crippen molar-refractivity contribution >= 4 is 84.3 Å². The molecule has 0 bridgehead atoms. The van der Waals surface area contributed by atoms with Gasteiger partial charge < -0.3 is 4.74 Å². The standard InChI is InChI=1S/C29H21Br2Cl2N3O7/c30-23-12-21-22(13-24(23)31)29(40)35(28(21)39)34(27(38)20-10-3-16(32)11-25(20)33)14-26(37)15-1-6-18(7-2-15)43-19-8-4-17(5-9-19)36(41)42/h1-11,21-24H,12-14H2/t21-,22-,23-,24+/m1/s1. The number of rotatable bonds is 8. The van der Waals surface area contributed by atoms with Gasteiger partial charge in [0.2, 0.25) is 0 Å². The molecule has 14 heteroatoms. The molecule has 2 aliphatic rings. The maximum absolute atomic E-state index is 13.8. The number of carbonyl (C=O) groups excluding carboxylic acids is 4. The van der Waals surface area contributed by atoms with Gasteiger partial charge in [-0.3, -0.25) is 29.3 Å². The Morgan fingerprint density at radius 2 is 1.44 bits per heavy atom. The lowest BCUT2D eigenvalue weighted by atomic mass is 9.81. The third-order valence-corrected chi connectivity index (χ3v) is 10.6. The monoisotopic (exact) mass is 751 g/mol. The second-order valence-corrected chi connectivity index (χ2v) is 13.2. The summed E-state index contributed by atoms with van der Waals surface area (Å²) in [6.07, 6.45) is 0.769. The van der Waals surface area contributed by atoms with Gasteiger partial charge in [-0.05, 0) is 67.4 Å². The maximum Gasteiger partial charge on any atom is 0.274 e. The first-order chi connectivity index (χ1) is 20.4. The number of non-ortho nitro benzene ring substituents is 1. The van der Waals surface area contributed by atoms with Gasteiger partial charge in [0.1, 0.15) is 18.0 Å². The molecule has 43 heavy (non-hydrogen) atoms. The molecular weight excluding hydrogens is 733 g/mol. The van der Waals surface area contributed by atoms with E-state index in [0.29, 0.717) is 24.3 Å². The minimum Gasteiger partial charge on any atom is -0.457 e. The van der Waals surface area contributed by atoms with Crippen molar-refractivity contribution in [1.82, 2.24) is 10.0 Å². The normalized spacial score (nSPS) is 21.3. The summed E-state index contributed by atoms with van der Waals surface area (Å²) in [6.45, 7) is -0.618. The summed E-state index contributed by atoms with van der Waals surface area (Å²) in [5.41, 5.74) is 0.0760. The average Bonchev–Trinajstić information content (AvgIpc) is 3.20. The van der Waals surface area contributed by atoms with E-state index < -0.39 is 46.8 Å². The Morgan fingerprint density at radius 3 is 1.95 bits per heavy atom. The molecule has 0 unspecified atom stereocenters. The van der Waals surface area contributed by atoms with E-state index in [4.69, 9.17) is 27.9 Å². The highest BCUT2D eigenvalue weighted by molar-refractivity contribution is 9.12. The third-order valence-electron chi connectivity index (χ3n) is 7.28. The van der Waals surface area contributed by atoms with Crippen LogP contribution in [-0.2, 0) is 9.59 Å². The van der Waals surface area contributed by atoms with E-state index in [1.807, 2.05) is 0 Å². The number of carbonyl (C=O) groups is 4. The third kappa shape index (κ3) is 6.47. The molecule has 3 amide bonds. The first kappa shape index (κ1) is 31.1. The van der Waals surface area contributed by atoms with Gasteiger partial charge in [0.25, 0.3) is 23.4 Å². The summed E-state index contributed by atoms with van der Waals surface area (Å²) in [4.78, 5) is 64.7. The second kappa shape index (κ2) is 12.7. The van der Waals surface area contributed by atoms with Crippen LogP contribution in [0.4, 0.5) is 5.69 Å². The van der Waals surface area contributed by atoms with Crippen LogP contribution in [0.5, 0.6) is 11.5 Å². The van der Waals surface area contributed by atoms with Crippen LogP contribution < -0.4 is 4.74 Å². The van der Waals surface area contributed by atoms with Crippen LogP contribution in [0, 0.1) is 22.0 Å². The van der Waals surface area contributed by atoms with Gasteiger partial charge in [-0.1, -0.05) is 55.1 Å². The second-order valence-electron chi connectivity index (χ2n) is 9.99. The molecule has 1 saturated heterocycles. The first-order valence-electron chi connectivity index (χ1n) is 12.9. The lowest BCUT2D eigenvalue weighted by Gasteiger charge is -2.30. The van der Waals surface area contributed by atoms with Crippen LogP contribution in [-0.4, -0.2) is 54.6 Å². The van der Waals surface area contributed by atoms with Gasteiger partial charge in [0.05, 0.1) is 27.3 Å². The first-order valence-corrected chi connectivity index (χ1v) is 15.5. The summed E-state index contributed by atoms with van der Waals surface area (Å²) in [5.74, 6) is -3.06. The van der Waals surface area contributed by atoms with Crippen molar-refractivity contribution in [2.45, 2.75) is 22.5 Å². The van der Waals surface area contributed by atoms with E-state index >= 15 is 0 Å². The Labute approximate surface area is 272 Å². The maximum atomic E-state index is 13.8. The minimum atomic E-state index is -0.806. The summed E-state index contributed by atoms with van der Waals surface area (Å²) in [6, 6.07) is 15.7. The van der Waals surface area contributed by atoms with Crippen molar-refractivity contribution < 1.29 is 28.8 Å². The number of alkyl halides is 2. The average molecular weight is 754 g/mol. The van der Waals surface area contributed by atoms with Gasteiger partial charge in [-0.2, -0.15) is 5.01 Å². The molecule has 4 atom stereocenters. The zero-order valence-corrected chi connectivity index (χ0v) is 26.7.